The van der Waals surface area contributed by atoms with Gasteiger partial charge in [0.05, 0.1) is 0 Å². The minimum atomic E-state index is -0.930. The van der Waals surface area contributed by atoms with Gasteiger partial charge in [-0.05, 0) is 47.3 Å². The number of rotatable bonds is 4. The van der Waals surface area contributed by atoms with E-state index in [9.17, 15) is 18.4 Å². The summed E-state index contributed by atoms with van der Waals surface area (Å²) in [6, 6.07) is 14.9. The first-order chi connectivity index (χ1) is 15.8. The summed E-state index contributed by atoms with van der Waals surface area (Å²) in [7, 11) is 0. The molecule has 0 spiro atoms. The van der Waals surface area contributed by atoms with Crippen molar-refractivity contribution in [1.29, 1.82) is 10.5 Å². The van der Waals surface area contributed by atoms with Gasteiger partial charge in [-0.3, -0.25) is 18.3 Å². The first-order valence-corrected chi connectivity index (χ1v) is 10.8. The van der Waals surface area contributed by atoms with Gasteiger partial charge in [-0.25, -0.2) is 8.78 Å². The number of hydrogen-bond acceptors (Lipinski definition) is 8. The molecule has 33 heavy (non-hydrogen) atoms. The molecular weight excluding hydrogens is 494 g/mol. The van der Waals surface area contributed by atoms with Crippen LogP contribution in [0.25, 0.3) is 0 Å². The number of benzene rings is 2. The zero-order valence-electron chi connectivity index (χ0n) is 16.2. The highest BCUT2D eigenvalue weighted by atomic mass is 35.5. The number of nitrogens with zero attached hydrogens (tertiary/aromatic N) is 2. The van der Waals surface area contributed by atoms with Crippen molar-refractivity contribution in [3.63, 3.8) is 0 Å². The van der Waals surface area contributed by atoms with Gasteiger partial charge in [-0.1, -0.05) is 29.8 Å². The Morgan fingerprint density at radius 1 is 0.818 bits per heavy atom. The topological polar surface area (TPSA) is 137 Å². The van der Waals surface area contributed by atoms with Crippen molar-refractivity contribution in [3.05, 3.63) is 91.0 Å². The van der Waals surface area contributed by atoms with Gasteiger partial charge in [0.2, 0.25) is 0 Å². The molecule has 0 atom stereocenters. The van der Waals surface area contributed by atoms with E-state index in [2.05, 4.69) is 19.4 Å². The lowest BCUT2D eigenvalue weighted by Gasteiger charge is -2.05. The van der Waals surface area contributed by atoms with E-state index < -0.39 is 22.2 Å². The molecular formula is C20H11ClF2N6O2S2. The molecule has 0 unspecified atom stereocenters. The minimum absolute atomic E-state index is 0.0566. The van der Waals surface area contributed by atoms with Crippen molar-refractivity contribution in [1.82, 2.24) is 8.75 Å². The van der Waals surface area contributed by atoms with Crippen molar-refractivity contribution >= 4 is 56.0 Å². The van der Waals surface area contributed by atoms with E-state index in [1.807, 2.05) is 36.4 Å². The number of para-hydroxylation sites is 1. The van der Waals surface area contributed by atoms with Crippen LogP contribution in [0.1, 0.15) is 11.1 Å². The van der Waals surface area contributed by atoms with Crippen LogP contribution in [-0.4, -0.2) is 8.75 Å². The van der Waals surface area contributed by atoms with E-state index in [1.54, 1.807) is 6.07 Å². The Morgan fingerprint density at radius 2 is 1.27 bits per heavy atom. The van der Waals surface area contributed by atoms with Gasteiger partial charge in [-0.2, -0.15) is 10.5 Å². The second kappa shape index (κ2) is 10.6. The molecule has 4 N–H and O–H groups in total. The third-order valence-electron chi connectivity index (χ3n) is 3.90. The Hall–Kier alpha value is -3.97. The molecule has 0 aliphatic heterocycles. The van der Waals surface area contributed by atoms with E-state index in [4.69, 9.17) is 22.1 Å². The van der Waals surface area contributed by atoms with Gasteiger partial charge < -0.3 is 10.6 Å². The van der Waals surface area contributed by atoms with Crippen LogP contribution in [0.5, 0.6) is 0 Å². The minimum Gasteiger partial charge on any atom is -0.345 e. The predicted octanol–water partition coefficient (Wildman–Crippen LogP) is 5.03. The summed E-state index contributed by atoms with van der Waals surface area (Å²) < 4.78 is 31.2. The number of aromatic nitrogens is 2. The number of hydrogen-bond donors (Lipinski definition) is 4. The lowest BCUT2D eigenvalue weighted by molar-refractivity contribution is 0.585. The number of anilines is 4. The van der Waals surface area contributed by atoms with E-state index in [1.165, 1.54) is 0 Å². The Morgan fingerprint density at radius 3 is 1.73 bits per heavy atom. The van der Waals surface area contributed by atoms with Crippen molar-refractivity contribution in [2.24, 2.45) is 0 Å². The predicted molar refractivity (Wildman–Crippen MR) is 124 cm³/mol. The highest BCUT2D eigenvalue weighted by Crippen LogP contribution is 2.27. The maximum absolute atomic E-state index is 13.2. The molecule has 2 aromatic carbocycles. The third-order valence-corrected chi connectivity index (χ3v) is 5.85. The smallest absolute Gasteiger partial charge is 0.278 e. The molecule has 4 rings (SSSR count). The lowest BCUT2D eigenvalue weighted by Crippen LogP contribution is -2.03. The monoisotopic (exact) mass is 504 g/mol. The second-order valence-corrected chi connectivity index (χ2v) is 8.08. The molecule has 8 nitrogen and oxygen atoms in total. The first kappa shape index (κ1) is 23.7. The molecule has 0 aliphatic rings. The van der Waals surface area contributed by atoms with Crippen LogP contribution < -0.4 is 21.8 Å². The van der Waals surface area contributed by atoms with Gasteiger partial charge in [0, 0.05) is 11.4 Å². The van der Waals surface area contributed by atoms with Crippen molar-refractivity contribution in [2.45, 2.75) is 0 Å². The van der Waals surface area contributed by atoms with Crippen LogP contribution in [0.4, 0.5) is 30.2 Å². The van der Waals surface area contributed by atoms with Crippen LogP contribution in [0.2, 0.25) is 5.02 Å². The molecule has 0 fully saturated rings. The molecule has 4 aromatic rings. The summed E-state index contributed by atoms with van der Waals surface area (Å²) in [5.74, 6) is -1.86. The Kier molecular flexibility index (Phi) is 7.58. The fourth-order valence-electron chi connectivity index (χ4n) is 2.40. The standard InChI is InChI=1S/C10H4ClF2N3OS.C10H7N3OS/c11-8-6(12)1-4(2-7(8)13)15-10-5(3-14)9(17)16-18-10;11-6-8-9(14)13-15-10(8)12-7-4-2-1-3-5-7/h1-2,15H,(H,16,17);1-5,12H,(H,13,14). The molecule has 0 bridgehead atoms. The van der Waals surface area contributed by atoms with Crippen molar-refractivity contribution in [2.75, 3.05) is 10.6 Å². The van der Waals surface area contributed by atoms with Gasteiger partial charge in [-0.15, -0.1) is 0 Å². The molecule has 0 radical (unpaired) electrons. The summed E-state index contributed by atoms with van der Waals surface area (Å²) in [6.45, 7) is 0. The second-order valence-electron chi connectivity index (χ2n) is 6.07. The highest BCUT2D eigenvalue weighted by molar-refractivity contribution is 7.10. The van der Waals surface area contributed by atoms with Crippen molar-refractivity contribution in [3.8, 4) is 12.1 Å². The average Bonchev–Trinajstić information content (AvgIpc) is 3.34. The normalized spacial score (nSPS) is 9.85. The highest BCUT2D eigenvalue weighted by Gasteiger charge is 2.13. The fraction of sp³-hybridized carbons (Fsp3) is 0. The summed E-state index contributed by atoms with van der Waals surface area (Å²) in [5, 5.41) is 23.2. The summed E-state index contributed by atoms with van der Waals surface area (Å²) >= 11 is 7.32. The third kappa shape index (κ3) is 5.64. The number of nitriles is 2. The number of aromatic amines is 2. The first-order valence-electron chi connectivity index (χ1n) is 8.80. The molecule has 13 heteroatoms. The molecule has 0 amide bonds. The lowest BCUT2D eigenvalue weighted by atomic mass is 10.3. The fourth-order valence-corrected chi connectivity index (χ4v) is 3.92. The van der Waals surface area contributed by atoms with E-state index >= 15 is 0 Å². The molecule has 2 aromatic heterocycles. The van der Waals surface area contributed by atoms with Crippen molar-refractivity contribution < 1.29 is 8.78 Å². The zero-order valence-corrected chi connectivity index (χ0v) is 18.6. The van der Waals surface area contributed by atoms with Crippen LogP contribution in [0, 0.1) is 34.3 Å². The SMILES string of the molecule is N#Cc1c(Nc2cc(F)c(Cl)c(F)c2)s[nH]c1=O.N#Cc1c(Nc2ccccc2)s[nH]c1=O. The number of nitrogens with one attached hydrogen (secondary N) is 4. The molecule has 0 saturated carbocycles. The Bertz CT molecular complexity index is 1460. The number of H-pyrrole nitrogens is 2. The van der Waals surface area contributed by atoms with E-state index in [0.29, 0.717) is 5.00 Å². The summed E-state index contributed by atoms with van der Waals surface area (Å²) in [5.41, 5.74) is -0.00846. The Labute approximate surface area is 197 Å². The quantitative estimate of drug-likeness (QED) is 0.287. The largest absolute Gasteiger partial charge is 0.345 e. The zero-order chi connectivity index (χ0) is 24.0. The average molecular weight is 505 g/mol. The van der Waals surface area contributed by atoms with Crippen LogP contribution in [0.3, 0.4) is 0 Å². The van der Waals surface area contributed by atoms with Gasteiger partial charge in [0.25, 0.3) is 11.1 Å². The van der Waals surface area contributed by atoms with Gasteiger partial charge >= 0.3 is 0 Å². The maximum Gasteiger partial charge on any atom is 0.278 e. The summed E-state index contributed by atoms with van der Waals surface area (Å²) in [6.07, 6.45) is 0. The van der Waals surface area contributed by atoms with E-state index in [0.717, 1.165) is 40.9 Å². The molecule has 0 aliphatic carbocycles. The van der Waals surface area contributed by atoms with Gasteiger partial charge in [0.1, 0.15) is 38.8 Å². The Balaban J connectivity index is 0.000000189. The van der Waals surface area contributed by atoms with Crippen LogP contribution in [0.15, 0.2) is 52.1 Å². The van der Waals surface area contributed by atoms with Crippen LogP contribution in [-0.2, 0) is 0 Å². The van der Waals surface area contributed by atoms with E-state index in [-0.39, 0.29) is 27.4 Å². The molecule has 0 saturated heterocycles. The number of halogens is 3. The maximum atomic E-state index is 13.2. The molecule has 2 heterocycles. The van der Waals surface area contributed by atoms with Crippen LogP contribution >= 0.6 is 34.7 Å². The molecule has 166 valence electrons. The summed E-state index contributed by atoms with van der Waals surface area (Å²) in [4.78, 5) is 22.3. The van der Waals surface area contributed by atoms with Gasteiger partial charge in [0.15, 0.2) is 11.1 Å².